The molecule has 0 spiro atoms. The van der Waals surface area contributed by atoms with Crippen molar-refractivity contribution in [2.75, 3.05) is 17.2 Å². The van der Waals surface area contributed by atoms with Crippen LogP contribution in [-0.2, 0) is 20.6 Å². The summed E-state index contributed by atoms with van der Waals surface area (Å²) in [5.74, 6) is -1.56. The standard InChI is InChI=1S/C22H18F3N3O3/c1-3-11-28-20(30)18(14-7-9-16(10-8-14)26-13(2)29)19(21(28)31)27-17-6-4-5-15(12-17)22(23,24)25/h3-10,12,27H,1,11H2,2H3,(H,26,29). The smallest absolute Gasteiger partial charge is 0.350 e. The number of anilines is 2. The fourth-order valence-corrected chi connectivity index (χ4v) is 3.10. The van der Waals surface area contributed by atoms with Crippen LogP contribution in [0.25, 0.3) is 5.57 Å². The van der Waals surface area contributed by atoms with Gasteiger partial charge in [-0.05, 0) is 35.9 Å². The van der Waals surface area contributed by atoms with Crippen molar-refractivity contribution in [2.24, 2.45) is 0 Å². The molecule has 1 aliphatic rings. The van der Waals surface area contributed by atoms with Gasteiger partial charge in [-0.25, -0.2) is 0 Å². The molecule has 1 aliphatic heterocycles. The molecular weight excluding hydrogens is 411 g/mol. The van der Waals surface area contributed by atoms with Gasteiger partial charge < -0.3 is 10.6 Å². The summed E-state index contributed by atoms with van der Waals surface area (Å²) in [6.45, 7) is 4.82. The molecule has 0 saturated carbocycles. The number of carbonyl (C=O) groups is 3. The summed E-state index contributed by atoms with van der Waals surface area (Å²) in [5.41, 5.74) is -0.146. The maximum Gasteiger partial charge on any atom is 0.416 e. The van der Waals surface area contributed by atoms with E-state index in [1.54, 1.807) is 12.1 Å². The molecule has 2 aromatic carbocycles. The van der Waals surface area contributed by atoms with Crippen molar-refractivity contribution < 1.29 is 27.6 Å². The first-order valence-corrected chi connectivity index (χ1v) is 9.15. The Kier molecular flexibility index (Phi) is 5.96. The fraction of sp³-hybridized carbons (Fsp3) is 0.136. The summed E-state index contributed by atoms with van der Waals surface area (Å²) < 4.78 is 39.1. The summed E-state index contributed by atoms with van der Waals surface area (Å²) in [6.07, 6.45) is -3.18. The molecule has 0 fully saturated rings. The first-order chi connectivity index (χ1) is 14.6. The van der Waals surface area contributed by atoms with E-state index in [-0.39, 0.29) is 29.4 Å². The van der Waals surface area contributed by atoms with E-state index >= 15 is 0 Å². The van der Waals surface area contributed by atoms with Crippen LogP contribution in [0, 0.1) is 0 Å². The van der Waals surface area contributed by atoms with Crippen molar-refractivity contribution in [3.8, 4) is 0 Å². The van der Waals surface area contributed by atoms with Crippen molar-refractivity contribution >= 4 is 34.7 Å². The lowest BCUT2D eigenvalue weighted by Gasteiger charge is -2.13. The second-order valence-electron chi connectivity index (χ2n) is 6.72. The molecule has 0 bridgehead atoms. The number of rotatable bonds is 6. The molecule has 2 aromatic rings. The van der Waals surface area contributed by atoms with Crippen LogP contribution < -0.4 is 10.6 Å². The Balaban J connectivity index is 2.04. The third kappa shape index (κ3) is 4.66. The number of benzene rings is 2. The van der Waals surface area contributed by atoms with Crippen molar-refractivity contribution in [1.82, 2.24) is 4.90 Å². The number of hydrogen-bond donors (Lipinski definition) is 2. The van der Waals surface area contributed by atoms with E-state index in [1.807, 2.05) is 0 Å². The lowest BCUT2D eigenvalue weighted by molar-refractivity contribution is -0.138. The zero-order chi connectivity index (χ0) is 22.8. The SMILES string of the molecule is C=CCN1C(=O)C(Nc2cccc(C(F)(F)F)c2)=C(c2ccc(NC(C)=O)cc2)C1=O. The highest BCUT2D eigenvalue weighted by Gasteiger charge is 2.39. The van der Waals surface area contributed by atoms with Crippen LogP contribution in [-0.4, -0.2) is 29.2 Å². The highest BCUT2D eigenvalue weighted by atomic mass is 19.4. The number of halogens is 3. The van der Waals surface area contributed by atoms with Gasteiger partial charge in [-0.15, -0.1) is 6.58 Å². The number of carbonyl (C=O) groups excluding carboxylic acids is 3. The van der Waals surface area contributed by atoms with Crippen LogP contribution in [0.5, 0.6) is 0 Å². The second-order valence-corrected chi connectivity index (χ2v) is 6.72. The van der Waals surface area contributed by atoms with Crippen molar-refractivity contribution in [1.29, 1.82) is 0 Å². The number of hydrogen-bond acceptors (Lipinski definition) is 4. The van der Waals surface area contributed by atoms with Crippen LogP contribution >= 0.6 is 0 Å². The number of imide groups is 1. The summed E-state index contributed by atoms with van der Waals surface area (Å²) in [4.78, 5) is 37.9. The minimum absolute atomic E-state index is 0.0126. The van der Waals surface area contributed by atoms with E-state index < -0.39 is 23.6 Å². The van der Waals surface area contributed by atoms with Gasteiger partial charge in [0.1, 0.15) is 5.70 Å². The molecule has 0 aliphatic carbocycles. The molecule has 1 heterocycles. The molecule has 2 N–H and O–H groups in total. The minimum Gasteiger partial charge on any atom is -0.350 e. The van der Waals surface area contributed by atoms with Gasteiger partial charge in [0.15, 0.2) is 0 Å². The Morgan fingerprint density at radius 3 is 2.32 bits per heavy atom. The molecule has 0 radical (unpaired) electrons. The molecule has 0 aromatic heterocycles. The average Bonchev–Trinajstić information content (AvgIpc) is 2.92. The first-order valence-electron chi connectivity index (χ1n) is 9.15. The number of amides is 3. The van der Waals surface area contributed by atoms with E-state index in [0.717, 1.165) is 17.0 Å². The van der Waals surface area contributed by atoms with Gasteiger partial charge in [0.25, 0.3) is 11.8 Å². The quantitative estimate of drug-likeness (QED) is 0.537. The molecule has 31 heavy (non-hydrogen) atoms. The van der Waals surface area contributed by atoms with Gasteiger partial charge in [0.2, 0.25) is 5.91 Å². The molecule has 3 amide bonds. The van der Waals surface area contributed by atoms with Crippen LogP contribution in [0.3, 0.4) is 0 Å². The topological polar surface area (TPSA) is 78.5 Å². The van der Waals surface area contributed by atoms with Crippen LogP contribution in [0.15, 0.2) is 66.9 Å². The van der Waals surface area contributed by atoms with E-state index in [1.165, 1.54) is 37.3 Å². The predicted molar refractivity (Wildman–Crippen MR) is 110 cm³/mol. The van der Waals surface area contributed by atoms with Gasteiger partial charge in [0.05, 0.1) is 11.1 Å². The Labute approximate surface area is 176 Å². The maximum atomic E-state index is 13.0. The number of alkyl halides is 3. The summed E-state index contributed by atoms with van der Waals surface area (Å²) >= 11 is 0. The summed E-state index contributed by atoms with van der Waals surface area (Å²) in [5, 5.41) is 5.27. The van der Waals surface area contributed by atoms with E-state index in [4.69, 9.17) is 0 Å². The third-order valence-corrected chi connectivity index (χ3v) is 4.43. The van der Waals surface area contributed by atoms with Crippen LogP contribution in [0.1, 0.15) is 18.1 Å². The molecule has 160 valence electrons. The van der Waals surface area contributed by atoms with Gasteiger partial charge in [-0.2, -0.15) is 13.2 Å². The Morgan fingerprint density at radius 1 is 1.06 bits per heavy atom. The van der Waals surface area contributed by atoms with E-state index in [0.29, 0.717) is 11.3 Å². The third-order valence-electron chi connectivity index (χ3n) is 4.43. The highest BCUT2D eigenvalue weighted by Crippen LogP contribution is 2.34. The lowest BCUT2D eigenvalue weighted by Crippen LogP contribution is -2.32. The Morgan fingerprint density at radius 2 is 1.74 bits per heavy atom. The Bertz CT molecular complexity index is 1090. The zero-order valence-electron chi connectivity index (χ0n) is 16.4. The minimum atomic E-state index is -4.56. The second kappa shape index (κ2) is 8.47. The number of nitrogens with one attached hydrogen (secondary N) is 2. The Hall–Kier alpha value is -3.88. The average molecular weight is 429 g/mol. The normalized spacial score (nSPS) is 14.1. The molecule has 6 nitrogen and oxygen atoms in total. The maximum absolute atomic E-state index is 13.0. The largest absolute Gasteiger partial charge is 0.416 e. The monoisotopic (exact) mass is 429 g/mol. The molecule has 0 unspecified atom stereocenters. The molecule has 9 heteroatoms. The van der Waals surface area contributed by atoms with E-state index in [2.05, 4.69) is 17.2 Å². The fourth-order valence-electron chi connectivity index (χ4n) is 3.10. The van der Waals surface area contributed by atoms with Crippen LogP contribution in [0.2, 0.25) is 0 Å². The van der Waals surface area contributed by atoms with Crippen LogP contribution in [0.4, 0.5) is 24.5 Å². The highest BCUT2D eigenvalue weighted by molar-refractivity contribution is 6.36. The molecule has 0 saturated heterocycles. The molecule has 0 atom stereocenters. The van der Waals surface area contributed by atoms with Gasteiger partial charge >= 0.3 is 6.18 Å². The first kappa shape index (κ1) is 21.8. The van der Waals surface area contributed by atoms with Crippen molar-refractivity contribution in [2.45, 2.75) is 13.1 Å². The van der Waals surface area contributed by atoms with Gasteiger partial charge in [-0.1, -0.05) is 24.3 Å². The lowest BCUT2D eigenvalue weighted by atomic mass is 10.0. The zero-order valence-corrected chi connectivity index (χ0v) is 16.4. The summed E-state index contributed by atoms with van der Waals surface area (Å²) in [7, 11) is 0. The van der Waals surface area contributed by atoms with Gasteiger partial charge in [-0.3, -0.25) is 19.3 Å². The van der Waals surface area contributed by atoms with Crippen molar-refractivity contribution in [3.63, 3.8) is 0 Å². The van der Waals surface area contributed by atoms with Gasteiger partial charge in [0, 0.05) is 24.8 Å². The van der Waals surface area contributed by atoms with E-state index in [9.17, 15) is 27.6 Å². The van der Waals surface area contributed by atoms with Crippen molar-refractivity contribution in [3.05, 3.63) is 78.0 Å². The molecular formula is C22H18F3N3O3. The predicted octanol–water partition coefficient (Wildman–Crippen LogP) is 4.04. The number of nitrogens with zero attached hydrogens (tertiary/aromatic N) is 1. The molecule has 3 rings (SSSR count). The summed E-state index contributed by atoms with van der Waals surface area (Å²) in [6, 6.07) is 10.5.